The van der Waals surface area contributed by atoms with Crippen LogP contribution in [0.15, 0.2) is 23.1 Å². The minimum Gasteiger partial charge on any atom is -0.338 e. The normalized spacial score (nSPS) is 17.4. The lowest BCUT2D eigenvalue weighted by atomic mass is 10.1. The molecule has 1 aliphatic rings. The summed E-state index contributed by atoms with van der Waals surface area (Å²) in [5.74, 6) is 0.379. The summed E-state index contributed by atoms with van der Waals surface area (Å²) in [5.41, 5.74) is 1.29. The van der Waals surface area contributed by atoms with Crippen LogP contribution in [0, 0.1) is 12.8 Å². The van der Waals surface area contributed by atoms with E-state index in [2.05, 4.69) is 5.32 Å². The summed E-state index contributed by atoms with van der Waals surface area (Å²) in [4.78, 5) is 14.9. The molecule has 1 unspecified atom stereocenters. The van der Waals surface area contributed by atoms with Gasteiger partial charge in [-0.3, -0.25) is 4.79 Å². The summed E-state index contributed by atoms with van der Waals surface area (Å²) in [6.07, 6.45) is 0.975. The summed E-state index contributed by atoms with van der Waals surface area (Å²) in [5, 5.41) is 3.15. The molecule has 0 saturated carbocycles. The predicted octanol–water partition coefficient (Wildman–Crippen LogP) is 2.13. The van der Waals surface area contributed by atoms with Crippen LogP contribution in [-0.2, 0) is 10.0 Å². The number of likely N-dealkylation sites (tertiary alicyclic amines) is 1. The highest BCUT2D eigenvalue weighted by molar-refractivity contribution is 7.89. The van der Waals surface area contributed by atoms with Gasteiger partial charge >= 0.3 is 0 Å². The van der Waals surface area contributed by atoms with E-state index < -0.39 is 10.0 Å². The molecule has 2 rings (SSSR count). The number of amides is 1. The van der Waals surface area contributed by atoms with Gasteiger partial charge in [-0.1, -0.05) is 19.9 Å². The van der Waals surface area contributed by atoms with Gasteiger partial charge in [0.15, 0.2) is 0 Å². The molecule has 0 aromatic heterocycles. The Morgan fingerprint density at radius 3 is 2.54 bits per heavy atom. The SMILES string of the molecule is CCN(CC)S(=O)(=O)c1ccc(C)c(C(=O)N2CCC(CNC)C2)c1.Cl. The molecule has 1 aromatic rings. The topological polar surface area (TPSA) is 69.7 Å². The average molecular weight is 404 g/mol. The molecule has 0 bridgehead atoms. The van der Waals surface area contributed by atoms with Crippen molar-refractivity contribution in [1.82, 2.24) is 14.5 Å². The Bertz CT molecular complexity index is 720. The van der Waals surface area contributed by atoms with Crippen molar-refractivity contribution in [3.05, 3.63) is 29.3 Å². The molecule has 148 valence electrons. The van der Waals surface area contributed by atoms with Crippen LogP contribution >= 0.6 is 12.4 Å². The van der Waals surface area contributed by atoms with E-state index in [0.717, 1.165) is 25.1 Å². The van der Waals surface area contributed by atoms with Gasteiger partial charge < -0.3 is 10.2 Å². The highest BCUT2D eigenvalue weighted by Crippen LogP contribution is 2.23. The van der Waals surface area contributed by atoms with E-state index in [1.54, 1.807) is 12.1 Å². The number of carbonyl (C=O) groups excluding carboxylic acids is 1. The monoisotopic (exact) mass is 403 g/mol. The Labute approximate surface area is 163 Å². The van der Waals surface area contributed by atoms with Crippen molar-refractivity contribution in [2.75, 3.05) is 39.8 Å². The fourth-order valence-electron chi connectivity index (χ4n) is 3.35. The van der Waals surface area contributed by atoms with Gasteiger partial charge in [0.2, 0.25) is 10.0 Å². The predicted molar refractivity (Wildman–Crippen MR) is 106 cm³/mol. The molecule has 8 heteroatoms. The van der Waals surface area contributed by atoms with Crippen LogP contribution in [0.4, 0.5) is 0 Å². The molecule has 26 heavy (non-hydrogen) atoms. The number of sulfonamides is 1. The minimum absolute atomic E-state index is 0. The maximum atomic E-state index is 12.9. The lowest BCUT2D eigenvalue weighted by Gasteiger charge is -2.21. The summed E-state index contributed by atoms with van der Waals surface area (Å²) < 4.78 is 26.9. The number of nitrogens with zero attached hydrogens (tertiary/aromatic N) is 2. The van der Waals surface area contributed by atoms with E-state index in [0.29, 0.717) is 31.1 Å². The molecule has 1 atom stereocenters. The average Bonchev–Trinajstić information content (AvgIpc) is 3.04. The number of aryl methyl sites for hydroxylation is 1. The third-order valence-corrected chi connectivity index (χ3v) is 6.89. The molecule has 6 nitrogen and oxygen atoms in total. The largest absolute Gasteiger partial charge is 0.338 e. The number of hydrogen-bond acceptors (Lipinski definition) is 4. The van der Waals surface area contributed by atoms with Gasteiger partial charge in [0.1, 0.15) is 0 Å². The highest BCUT2D eigenvalue weighted by Gasteiger charge is 2.29. The van der Waals surface area contributed by atoms with E-state index in [9.17, 15) is 13.2 Å². The quantitative estimate of drug-likeness (QED) is 0.757. The van der Waals surface area contributed by atoms with Gasteiger partial charge in [-0.2, -0.15) is 4.31 Å². The molecule has 1 saturated heterocycles. The zero-order valence-electron chi connectivity index (χ0n) is 16.0. The summed E-state index contributed by atoms with van der Waals surface area (Å²) >= 11 is 0. The Hall–Kier alpha value is -1.15. The standard InChI is InChI=1S/C18H29N3O3S.ClH/c1-5-21(6-2)25(23,24)16-8-7-14(3)17(11-16)18(22)20-10-9-15(13-20)12-19-4;/h7-8,11,15,19H,5-6,9-10,12-13H2,1-4H3;1H. The maximum absolute atomic E-state index is 12.9. The van der Waals surface area contributed by atoms with Crippen LogP contribution in [0.25, 0.3) is 0 Å². The molecular formula is C18H30ClN3O3S. The number of benzene rings is 1. The maximum Gasteiger partial charge on any atom is 0.254 e. The van der Waals surface area contributed by atoms with Crippen molar-refractivity contribution in [3.8, 4) is 0 Å². The second-order valence-corrected chi connectivity index (χ2v) is 8.47. The molecule has 1 aromatic carbocycles. The third kappa shape index (κ3) is 4.76. The van der Waals surface area contributed by atoms with Crippen LogP contribution in [0.5, 0.6) is 0 Å². The van der Waals surface area contributed by atoms with Crippen LogP contribution in [0.2, 0.25) is 0 Å². The fourth-order valence-corrected chi connectivity index (χ4v) is 4.83. The van der Waals surface area contributed by atoms with Gasteiger partial charge in [-0.15, -0.1) is 12.4 Å². The highest BCUT2D eigenvalue weighted by atomic mass is 35.5. The van der Waals surface area contributed by atoms with Gasteiger partial charge in [0, 0.05) is 31.7 Å². The minimum atomic E-state index is -3.56. The second kappa shape index (κ2) is 9.69. The van der Waals surface area contributed by atoms with E-state index in [1.807, 2.05) is 32.7 Å². The van der Waals surface area contributed by atoms with Crippen molar-refractivity contribution < 1.29 is 13.2 Å². The summed E-state index contributed by atoms with van der Waals surface area (Å²) in [6, 6.07) is 4.86. The van der Waals surface area contributed by atoms with E-state index >= 15 is 0 Å². The summed E-state index contributed by atoms with van der Waals surface area (Å²) in [6.45, 7) is 8.62. The second-order valence-electron chi connectivity index (χ2n) is 6.53. The molecule has 1 fully saturated rings. The number of rotatable bonds is 7. The molecule has 0 spiro atoms. The Morgan fingerprint density at radius 1 is 1.31 bits per heavy atom. The Morgan fingerprint density at radius 2 is 1.96 bits per heavy atom. The van der Waals surface area contributed by atoms with Crippen LogP contribution < -0.4 is 5.32 Å². The number of hydrogen-bond donors (Lipinski definition) is 1. The van der Waals surface area contributed by atoms with E-state index in [-0.39, 0.29) is 23.2 Å². The number of halogens is 1. The lowest BCUT2D eigenvalue weighted by molar-refractivity contribution is 0.0786. The van der Waals surface area contributed by atoms with Gasteiger partial charge in [0.25, 0.3) is 5.91 Å². The van der Waals surface area contributed by atoms with Gasteiger partial charge in [-0.05, 0) is 50.6 Å². The van der Waals surface area contributed by atoms with Crippen molar-refractivity contribution >= 4 is 28.3 Å². The smallest absolute Gasteiger partial charge is 0.254 e. The van der Waals surface area contributed by atoms with Gasteiger partial charge in [0.05, 0.1) is 4.90 Å². The first-order valence-electron chi connectivity index (χ1n) is 8.89. The third-order valence-electron chi connectivity index (χ3n) is 4.85. The van der Waals surface area contributed by atoms with Gasteiger partial charge in [-0.25, -0.2) is 8.42 Å². The van der Waals surface area contributed by atoms with Crippen molar-refractivity contribution in [1.29, 1.82) is 0 Å². The first-order valence-corrected chi connectivity index (χ1v) is 10.3. The van der Waals surface area contributed by atoms with Crippen molar-refractivity contribution in [2.24, 2.45) is 5.92 Å². The first-order chi connectivity index (χ1) is 11.8. The molecule has 1 amide bonds. The fraction of sp³-hybridized carbons (Fsp3) is 0.611. The molecule has 0 radical (unpaired) electrons. The molecule has 1 N–H and O–H groups in total. The molecule has 0 aliphatic carbocycles. The molecule has 1 heterocycles. The van der Waals surface area contributed by atoms with E-state index in [4.69, 9.17) is 0 Å². The van der Waals surface area contributed by atoms with Crippen molar-refractivity contribution in [3.63, 3.8) is 0 Å². The zero-order chi connectivity index (χ0) is 18.6. The number of nitrogens with one attached hydrogen (secondary N) is 1. The van der Waals surface area contributed by atoms with Crippen LogP contribution in [-0.4, -0.2) is 63.3 Å². The Balaban J connectivity index is 0.00000338. The summed E-state index contributed by atoms with van der Waals surface area (Å²) in [7, 11) is -1.65. The lowest BCUT2D eigenvalue weighted by Crippen LogP contribution is -2.32. The van der Waals surface area contributed by atoms with Crippen molar-refractivity contribution in [2.45, 2.75) is 32.1 Å². The zero-order valence-corrected chi connectivity index (χ0v) is 17.6. The first kappa shape index (κ1) is 22.9. The molecule has 1 aliphatic heterocycles. The Kier molecular flexibility index (Phi) is 8.53. The van der Waals surface area contributed by atoms with Crippen LogP contribution in [0.1, 0.15) is 36.2 Å². The van der Waals surface area contributed by atoms with Crippen LogP contribution in [0.3, 0.4) is 0 Å². The number of carbonyl (C=O) groups is 1. The van der Waals surface area contributed by atoms with E-state index in [1.165, 1.54) is 10.4 Å². The molecular weight excluding hydrogens is 374 g/mol.